The first-order valence-electron chi connectivity index (χ1n) is 10.4. The maximum atomic E-state index is 13.2. The Hall–Kier alpha value is -3.25. The van der Waals surface area contributed by atoms with E-state index < -0.39 is 5.91 Å². The third kappa shape index (κ3) is 5.09. The molecule has 1 unspecified atom stereocenters. The van der Waals surface area contributed by atoms with Crippen LogP contribution in [-0.2, 0) is 12.8 Å². The molecule has 0 saturated carbocycles. The largest absolute Gasteiger partial charge is 0.456 e. The summed E-state index contributed by atoms with van der Waals surface area (Å²) in [7, 11) is 0. The van der Waals surface area contributed by atoms with Gasteiger partial charge in [-0.15, -0.1) is 0 Å². The third-order valence-corrected chi connectivity index (χ3v) is 5.55. The molecule has 4 rings (SSSR count). The standard InChI is InChI=1S/C25H26FN3O2/c1-25(2,13-16-3-6-19(26)7-4-16)29-23-10-5-17-11-20(8-9-22(17)23)31-21-12-18(24(27)30)14-28-15-21/h3-4,6-9,11-12,14-15,23,29H,5,10,13H2,1-2H3,(H2,27,30). The van der Waals surface area contributed by atoms with Crippen LogP contribution in [0.1, 0.15) is 53.4 Å². The van der Waals surface area contributed by atoms with Crippen LogP contribution in [0.5, 0.6) is 11.5 Å². The number of nitrogens with zero attached hydrogens (tertiary/aromatic N) is 1. The zero-order chi connectivity index (χ0) is 22.0. The number of pyridine rings is 1. The van der Waals surface area contributed by atoms with Crippen molar-refractivity contribution in [1.29, 1.82) is 0 Å². The highest BCUT2D eigenvalue weighted by Crippen LogP contribution is 2.36. The van der Waals surface area contributed by atoms with E-state index in [1.807, 2.05) is 24.3 Å². The Balaban J connectivity index is 1.45. The number of aryl methyl sites for hydroxylation is 1. The van der Waals surface area contributed by atoms with Crippen LogP contribution in [-0.4, -0.2) is 16.4 Å². The van der Waals surface area contributed by atoms with E-state index in [-0.39, 0.29) is 17.4 Å². The van der Waals surface area contributed by atoms with Crippen molar-refractivity contribution >= 4 is 5.91 Å². The molecule has 3 N–H and O–H groups in total. The summed E-state index contributed by atoms with van der Waals surface area (Å²) in [5.41, 5.74) is 9.10. The molecule has 0 fully saturated rings. The molecule has 1 amide bonds. The van der Waals surface area contributed by atoms with E-state index in [4.69, 9.17) is 10.5 Å². The molecule has 160 valence electrons. The average molecular weight is 420 g/mol. The molecule has 0 aliphatic heterocycles. The number of rotatable bonds is 7. The molecule has 0 bridgehead atoms. The third-order valence-electron chi connectivity index (χ3n) is 5.55. The molecule has 0 spiro atoms. The second-order valence-corrected chi connectivity index (χ2v) is 8.66. The molecule has 1 aliphatic carbocycles. The van der Waals surface area contributed by atoms with Crippen molar-refractivity contribution in [2.24, 2.45) is 5.73 Å². The number of nitrogens with one attached hydrogen (secondary N) is 1. The number of ether oxygens (including phenoxy) is 1. The van der Waals surface area contributed by atoms with Crippen molar-refractivity contribution in [3.63, 3.8) is 0 Å². The van der Waals surface area contributed by atoms with Gasteiger partial charge in [0.2, 0.25) is 5.91 Å². The van der Waals surface area contributed by atoms with Crippen LogP contribution in [0.2, 0.25) is 0 Å². The maximum Gasteiger partial charge on any atom is 0.250 e. The summed E-state index contributed by atoms with van der Waals surface area (Å²) in [5, 5.41) is 3.77. The van der Waals surface area contributed by atoms with E-state index in [0.29, 0.717) is 17.1 Å². The monoisotopic (exact) mass is 419 g/mol. The summed E-state index contributed by atoms with van der Waals surface area (Å²) in [5.74, 6) is 0.427. The first-order chi connectivity index (χ1) is 14.8. The lowest BCUT2D eigenvalue weighted by atomic mass is 9.93. The summed E-state index contributed by atoms with van der Waals surface area (Å²) >= 11 is 0. The topological polar surface area (TPSA) is 77.2 Å². The number of hydrogen-bond acceptors (Lipinski definition) is 4. The van der Waals surface area contributed by atoms with Crippen molar-refractivity contribution in [3.8, 4) is 11.5 Å². The minimum Gasteiger partial charge on any atom is -0.456 e. The van der Waals surface area contributed by atoms with E-state index >= 15 is 0 Å². The van der Waals surface area contributed by atoms with Crippen LogP contribution in [0.3, 0.4) is 0 Å². The summed E-state index contributed by atoms with van der Waals surface area (Å²) in [6.45, 7) is 4.34. The summed E-state index contributed by atoms with van der Waals surface area (Å²) < 4.78 is 19.1. The molecule has 3 aromatic rings. The number of halogens is 1. The van der Waals surface area contributed by atoms with Gasteiger partial charge in [-0.2, -0.15) is 0 Å². The number of primary amides is 1. The molecule has 1 atom stereocenters. The number of carbonyl (C=O) groups is 1. The lowest BCUT2D eigenvalue weighted by molar-refractivity contribution is 0.0999. The number of carbonyl (C=O) groups excluding carboxylic acids is 1. The van der Waals surface area contributed by atoms with Gasteiger partial charge in [0.15, 0.2) is 0 Å². The zero-order valence-electron chi connectivity index (χ0n) is 17.7. The van der Waals surface area contributed by atoms with Crippen molar-refractivity contribution in [1.82, 2.24) is 10.3 Å². The minimum absolute atomic E-state index is 0.139. The first kappa shape index (κ1) is 21.0. The number of benzene rings is 2. The van der Waals surface area contributed by atoms with Crippen LogP contribution in [0.15, 0.2) is 60.9 Å². The van der Waals surface area contributed by atoms with Crippen molar-refractivity contribution in [3.05, 3.63) is 89.0 Å². The SMILES string of the molecule is CC(C)(Cc1ccc(F)cc1)NC1CCc2cc(Oc3cncc(C(N)=O)c3)ccc21. The zero-order valence-corrected chi connectivity index (χ0v) is 17.7. The van der Waals surface area contributed by atoms with Crippen molar-refractivity contribution < 1.29 is 13.9 Å². The molecule has 5 nitrogen and oxygen atoms in total. The Kier molecular flexibility index (Phi) is 5.74. The fourth-order valence-corrected chi connectivity index (χ4v) is 4.19. The van der Waals surface area contributed by atoms with Gasteiger partial charge in [-0.3, -0.25) is 9.78 Å². The predicted octanol–water partition coefficient (Wildman–Crippen LogP) is 4.71. The van der Waals surface area contributed by atoms with Gasteiger partial charge in [-0.1, -0.05) is 18.2 Å². The smallest absolute Gasteiger partial charge is 0.250 e. The molecule has 6 heteroatoms. The molecule has 1 aliphatic rings. The Bertz CT molecular complexity index is 1100. The van der Waals surface area contributed by atoms with Crippen LogP contribution >= 0.6 is 0 Å². The lowest BCUT2D eigenvalue weighted by Crippen LogP contribution is -2.43. The quantitative estimate of drug-likeness (QED) is 0.581. The van der Waals surface area contributed by atoms with E-state index in [1.54, 1.807) is 12.3 Å². The second-order valence-electron chi connectivity index (χ2n) is 8.66. The average Bonchev–Trinajstić information content (AvgIpc) is 3.11. The molecular formula is C25H26FN3O2. The van der Waals surface area contributed by atoms with E-state index in [1.165, 1.54) is 29.5 Å². The summed E-state index contributed by atoms with van der Waals surface area (Å²) in [6, 6.07) is 14.6. The minimum atomic E-state index is -0.538. The highest BCUT2D eigenvalue weighted by atomic mass is 19.1. The number of fused-ring (bicyclic) bond motifs is 1. The highest BCUT2D eigenvalue weighted by Gasteiger charge is 2.29. The highest BCUT2D eigenvalue weighted by molar-refractivity contribution is 5.92. The Morgan fingerprint density at radius 2 is 1.94 bits per heavy atom. The van der Waals surface area contributed by atoms with E-state index in [2.05, 4.69) is 30.2 Å². The van der Waals surface area contributed by atoms with E-state index in [9.17, 15) is 9.18 Å². The normalized spacial score (nSPS) is 15.5. The number of hydrogen-bond donors (Lipinski definition) is 2. The second kappa shape index (κ2) is 8.47. The Morgan fingerprint density at radius 3 is 2.68 bits per heavy atom. The van der Waals surface area contributed by atoms with Gasteiger partial charge in [-0.05, 0) is 80.1 Å². The van der Waals surface area contributed by atoms with E-state index in [0.717, 1.165) is 24.8 Å². The molecule has 0 saturated heterocycles. The lowest BCUT2D eigenvalue weighted by Gasteiger charge is -2.31. The summed E-state index contributed by atoms with van der Waals surface area (Å²) in [6.07, 6.45) is 5.74. The van der Waals surface area contributed by atoms with Crippen molar-refractivity contribution in [2.75, 3.05) is 0 Å². The number of aromatic nitrogens is 1. The first-order valence-corrected chi connectivity index (χ1v) is 10.4. The molecule has 31 heavy (non-hydrogen) atoms. The predicted molar refractivity (Wildman–Crippen MR) is 118 cm³/mol. The van der Waals surface area contributed by atoms with Gasteiger partial charge in [-0.25, -0.2) is 4.39 Å². The van der Waals surface area contributed by atoms with Gasteiger partial charge in [0.1, 0.15) is 17.3 Å². The van der Waals surface area contributed by atoms with Gasteiger partial charge in [0.25, 0.3) is 0 Å². The molecule has 1 heterocycles. The Morgan fingerprint density at radius 1 is 1.16 bits per heavy atom. The molecule has 0 radical (unpaired) electrons. The fraction of sp³-hybridized carbons (Fsp3) is 0.280. The number of amides is 1. The van der Waals surface area contributed by atoms with Gasteiger partial charge in [0, 0.05) is 17.8 Å². The van der Waals surface area contributed by atoms with Gasteiger partial charge >= 0.3 is 0 Å². The van der Waals surface area contributed by atoms with Crippen LogP contribution in [0, 0.1) is 5.82 Å². The van der Waals surface area contributed by atoms with Crippen LogP contribution < -0.4 is 15.8 Å². The van der Waals surface area contributed by atoms with Gasteiger partial charge < -0.3 is 15.8 Å². The van der Waals surface area contributed by atoms with Crippen LogP contribution in [0.4, 0.5) is 4.39 Å². The van der Waals surface area contributed by atoms with Crippen LogP contribution in [0.25, 0.3) is 0 Å². The maximum absolute atomic E-state index is 13.2. The van der Waals surface area contributed by atoms with Crippen molar-refractivity contribution in [2.45, 2.75) is 44.7 Å². The Labute approximate surface area is 181 Å². The molecule has 2 aromatic carbocycles. The summed E-state index contributed by atoms with van der Waals surface area (Å²) in [4.78, 5) is 15.4. The molecule has 1 aromatic heterocycles. The number of nitrogens with two attached hydrogens (primary N) is 1. The fourth-order valence-electron chi connectivity index (χ4n) is 4.19. The molecular weight excluding hydrogens is 393 g/mol. The van der Waals surface area contributed by atoms with Gasteiger partial charge in [0.05, 0.1) is 11.8 Å².